The van der Waals surface area contributed by atoms with Crippen LogP contribution in [0.25, 0.3) is 0 Å². The molecule has 1 aliphatic rings. The standard InChI is InChI=1S/C18H20N2O6/c1-11-9-20(17(23)19-15(11)21)14-8-18(2,24)13(26-14)10-25-16(22)12-6-4-3-5-7-12/h3-7,9,13-14,24H,8,10H2,1-2H3,(H,19,21,23)/t13-,14-,18+/m1/s1. The summed E-state index contributed by atoms with van der Waals surface area (Å²) in [6.45, 7) is 2.97. The Hall–Kier alpha value is -2.71. The average molecular weight is 360 g/mol. The largest absolute Gasteiger partial charge is 0.459 e. The highest BCUT2D eigenvalue weighted by atomic mass is 16.6. The lowest BCUT2D eigenvalue weighted by atomic mass is 9.98. The van der Waals surface area contributed by atoms with Crippen LogP contribution in [0.3, 0.4) is 0 Å². The molecule has 138 valence electrons. The zero-order chi connectivity index (χ0) is 18.9. The van der Waals surface area contributed by atoms with Gasteiger partial charge in [0.05, 0.1) is 11.2 Å². The van der Waals surface area contributed by atoms with Crippen molar-refractivity contribution in [3.05, 3.63) is 68.5 Å². The number of hydrogen-bond acceptors (Lipinski definition) is 6. The molecule has 1 aromatic carbocycles. The van der Waals surface area contributed by atoms with E-state index < -0.39 is 35.2 Å². The Balaban J connectivity index is 1.72. The van der Waals surface area contributed by atoms with Gasteiger partial charge in [-0.05, 0) is 26.0 Å². The van der Waals surface area contributed by atoms with E-state index in [4.69, 9.17) is 9.47 Å². The quantitative estimate of drug-likeness (QED) is 0.778. The normalized spacial score (nSPS) is 25.2. The number of benzene rings is 1. The van der Waals surface area contributed by atoms with Gasteiger partial charge in [0.15, 0.2) is 0 Å². The molecular weight excluding hydrogens is 340 g/mol. The molecule has 26 heavy (non-hydrogen) atoms. The van der Waals surface area contributed by atoms with E-state index in [0.717, 1.165) is 0 Å². The van der Waals surface area contributed by atoms with Gasteiger partial charge < -0.3 is 14.6 Å². The second kappa shape index (κ2) is 6.89. The first-order valence-corrected chi connectivity index (χ1v) is 8.20. The Morgan fingerprint density at radius 3 is 2.77 bits per heavy atom. The minimum atomic E-state index is -1.30. The first-order valence-electron chi connectivity index (χ1n) is 8.20. The van der Waals surface area contributed by atoms with Crippen LogP contribution in [0, 0.1) is 6.92 Å². The lowest BCUT2D eigenvalue weighted by molar-refractivity contribution is -0.0799. The van der Waals surface area contributed by atoms with E-state index in [1.54, 1.807) is 44.2 Å². The van der Waals surface area contributed by atoms with Crippen LogP contribution in [0.2, 0.25) is 0 Å². The number of nitrogens with one attached hydrogen (secondary N) is 1. The average Bonchev–Trinajstić information content (AvgIpc) is 2.91. The van der Waals surface area contributed by atoms with Gasteiger partial charge >= 0.3 is 11.7 Å². The van der Waals surface area contributed by atoms with Gasteiger partial charge in [0.25, 0.3) is 5.56 Å². The number of carbonyl (C=O) groups is 1. The van der Waals surface area contributed by atoms with Crippen molar-refractivity contribution >= 4 is 5.97 Å². The van der Waals surface area contributed by atoms with E-state index in [1.165, 1.54) is 10.8 Å². The second-order valence-electron chi connectivity index (χ2n) is 6.58. The van der Waals surface area contributed by atoms with Crippen LogP contribution in [-0.2, 0) is 9.47 Å². The van der Waals surface area contributed by atoms with Gasteiger partial charge in [0, 0.05) is 18.2 Å². The molecule has 0 spiro atoms. The van der Waals surface area contributed by atoms with Crippen molar-refractivity contribution in [3.63, 3.8) is 0 Å². The van der Waals surface area contributed by atoms with Crippen LogP contribution in [0.15, 0.2) is 46.1 Å². The van der Waals surface area contributed by atoms with Gasteiger partial charge in [-0.25, -0.2) is 9.59 Å². The fourth-order valence-corrected chi connectivity index (χ4v) is 2.86. The van der Waals surface area contributed by atoms with E-state index in [2.05, 4.69) is 4.98 Å². The Morgan fingerprint density at radius 2 is 2.08 bits per heavy atom. The molecule has 0 unspecified atom stereocenters. The molecule has 0 amide bonds. The first-order chi connectivity index (χ1) is 12.3. The van der Waals surface area contributed by atoms with Gasteiger partial charge in [-0.15, -0.1) is 0 Å². The molecule has 1 aromatic heterocycles. The molecule has 3 rings (SSSR count). The predicted molar refractivity (Wildman–Crippen MR) is 91.9 cm³/mol. The van der Waals surface area contributed by atoms with Crippen molar-refractivity contribution in [2.75, 3.05) is 6.61 Å². The number of esters is 1. The van der Waals surface area contributed by atoms with Crippen molar-refractivity contribution in [1.29, 1.82) is 0 Å². The topological polar surface area (TPSA) is 111 Å². The highest BCUT2D eigenvalue weighted by molar-refractivity contribution is 5.89. The van der Waals surface area contributed by atoms with Crippen LogP contribution in [0.4, 0.5) is 0 Å². The van der Waals surface area contributed by atoms with E-state index in [0.29, 0.717) is 11.1 Å². The number of rotatable bonds is 4. The number of hydrogen-bond donors (Lipinski definition) is 2. The summed E-state index contributed by atoms with van der Waals surface area (Å²) in [6, 6.07) is 8.48. The SMILES string of the molecule is Cc1cn([C@H]2C[C@](C)(O)[C@@H](COC(=O)c3ccccc3)O2)c(=O)[nH]c1=O. The summed E-state index contributed by atoms with van der Waals surface area (Å²) < 4.78 is 12.2. The molecule has 8 nitrogen and oxygen atoms in total. The highest BCUT2D eigenvalue weighted by Gasteiger charge is 2.45. The minimum Gasteiger partial charge on any atom is -0.459 e. The van der Waals surface area contributed by atoms with Crippen LogP contribution in [0.5, 0.6) is 0 Å². The number of aliphatic hydroxyl groups is 1. The molecule has 1 fully saturated rings. The van der Waals surface area contributed by atoms with Gasteiger partial charge in [0.2, 0.25) is 0 Å². The lowest BCUT2D eigenvalue weighted by Gasteiger charge is -2.22. The van der Waals surface area contributed by atoms with Gasteiger partial charge in [0.1, 0.15) is 18.9 Å². The fraction of sp³-hybridized carbons (Fsp3) is 0.389. The summed E-state index contributed by atoms with van der Waals surface area (Å²) in [7, 11) is 0. The van der Waals surface area contributed by atoms with Crippen molar-refractivity contribution in [2.45, 2.75) is 38.2 Å². The third-order valence-electron chi connectivity index (χ3n) is 4.43. The molecule has 2 aromatic rings. The number of aryl methyl sites for hydroxylation is 1. The van der Waals surface area contributed by atoms with Crippen molar-refractivity contribution in [2.24, 2.45) is 0 Å². The zero-order valence-corrected chi connectivity index (χ0v) is 14.5. The van der Waals surface area contributed by atoms with E-state index in [1.807, 2.05) is 0 Å². The molecule has 0 radical (unpaired) electrons. The number of carbonyl (C=O) groups excluding carboxylic acids is 1. The van der Waals surface area contributed by atoms with Gasteiger partial charge in [-0.3, -0.25) is 14.3 Å². The fourth-order valence-electron chi connectivity index (χ4n) is 2.86. The maximum atomic E-state index is 12.0. The molecule has 1 saturated heterocycles. The van der Waals surface area contributed by atoms with Crippen molar-refractivity contribution in [1.82, 2.24) is 9.55 Å². The number of ether oxygens (including phenoxy) is 2. The monoisotopic (exact) mass is 360 g/mol. The molecule has 0 saturated carbocycles. The minimum absolute atomic E-state index is 0.117. The summed E-state index contributed by atoms with van der Waals surface area (Å²) in [6.07, 6.45) is -0.0700. The van der Waals surface area contributed by atoms with Crippen LogP contribution < -0.4 is 11.2 Å². The highest BCUT2D eigenvalue weighted by Crippen LogP contribution is 2.36. The molecular formula is C18H20N2O6. The Kier molecular flexibility index (Phi) is 4.80. The van der Waals surface area contributed by atoms with Crippen molar-refractivity contribution in [3.8, 4) is 0 Å². The number of aromatic nitrogens is 2. The first kappa shape index (κ1) is 18.1. The van der Waals surface area contributed by atoms with E-state index in [9.17, 15) is 19.5 Å². The molecule has 8 heteroatoms. The Bertz CT molecular complexity index is 915. The van der Waals surface area contributed by atoms with Crippen molar-refractivity contribution < 1.29 is 19.4 Å². The maximum Gasteiger partial charge on any atom is 0.338 e. The summed E-state index contributed by atoms with van der Waals surface area (Å²) in [4.78, 5) is 37.8. The lowest BCUT2D eigenvalue weighted by Crippen LogP contribution is -2.38. The van der Waals surface area contributed by atoms with Gasteiger partial charge in [-0.2, -0.15) is 0 Å². The Morgan fingerprint density at radius 1 is 1.38 bits per heavy atom. The second-order valence-corrected chi connectivity index (χ2v) is 6.58. The molecule has 3 atom stereocenters. The van der Waals surface area contributed by atoms with Crippen LogP contribution in [-0.4, -0.2) is 38.9 Å². The maximum absolute atomic E-state index is 12.0. The van der Waals surface area contributed by atoms with Gasteiger partial charge in [-0.1, -0.05) is 18.2 Å². The predicted octanol–water partition coefficient (Wildman–Crippen LogP) is 0.741. The number of aromatic amines is 1. The third-order valence-corrected chi connectivity index (χ3v) is 4.43. The summed E-state index contributed by atoms with van der Waals surface area (Å²) in [5, 5.41) is 10.6. The molecule has 1 aliphatic heterocycles. The number of H-pyrrole nitrogens is 1. The molecule has 0 bridgehead atoms. The zero-order valence-electron chi connectivity index (χ0n) is 14.5. The summed E-state index contributed by atoms with van der Waals surface area (Å²) >= 11 is 0. The summed E-state index contributed by atoms with van der Waals surface area (Å²) in [5.41, 5.74) is -1.64. The third kappa shape index (κ3) is 3.61. The van der Waals surface area contributed by atoms with Crippen LogP contribution in [0.1, 0.15) is 35.5 Å². The molecule has 2 heterocycles. The van der Waals surface area contributed by atoms with Crippen LogP contribution >= 0.6 is 0 Å². The van der Waals surface area contributed by atoms with E-state index >= 15 is 0 Å². The summed E-state index contributed by atoms with van der Waals surface area (Å²) in [5.74, 6) is -0.523. The molecule has 2 N–H and O–H groups in total. The Labute approximate surface area is 149 Å². The molecule has 0 aliphatic carbocycles. The van der Waals surface area contributed by atoms with E-state index in [-0.39, 0.29) is 13.0 Å². The smallest absolute Gasteiger partial charge is 0.338 e. The number of nitrogens with zero attached hydrogens (tertiary/aromatic N) is 1.